The van der Waals surface area contributed by atoms with Crippen LogP contribution in [0.15, 0.2) is 24.3 Å². The van der Waals surface area contributed by atoms with Gasteiger partial charge in [-0.3, -0.25) is 10.5 Å². The van der Waals surface area contributed by atoms with Crippen LogP contribution in [0.2, 0.25) is 0 Å². The average Bonchev–Trinajstić information content (AvgIpc) is 2.04. The van der Waals surface area contributed by atoms with Gasteiger partial charge in [0.15, 0.2) is 0 Å². The molecule has 0 bridgehead atoms. The van der Waals surface area contributed by atoms with Gasteiger partial charge >= 0.3 is 0 Å². The molecule has 1 aromatic carbocycles. The summed E-state index contributed by atoms with van der Waals surface area (Å²) in [5.41, 5.74) is 7.56. The van der Waals surface area contributed by atoms with E-state index in [1.807, 2.05) is 12.1 Å². The van der Waals surface area contributed by atoms with Crippen LogP contribution in [-0.4, -0.2) is 13.0 Å². The van der Waals surface area contributed by atoms with Crippen LogP contribution >= 0.6 is 0 Å². The number of amides is 1. The molecule has 0 saturated carbocycles. The second-order valence-corrected chi connectivity index (χ2v) is 2.41. The summed E-state index contributed by atoms with van der Waals surface area (Å²) in [6.07, 6.45) is 0.115. The van der Waals surface area contributed by atoms with Gasteiger partial charge in [0.2, 0.25) is 5.91 Å². The maximum atomic E-state index is 10.5. The Balaban J connectivity index is 2.89. The van der Waals surface area contributed by atoms with E-state index in [1.54, 1.807) is 19.2 Å². The average molecular weight is 164 g/mol. The smallest absolute Gasteiger partial charge is 0.242 e. The van der Waals surface area contributed by atoms with Gasteiger partial charge in [-0.25, -0.2) is 0 Å². The summed E-state index contributed by atoms with van der Waals surface area (Å²) < 4.78 is 5.01. The number of rotatable bonds is 3. The van der Waals surface area contributed by atoms with Gasteiger partial charge in [0, 0.05) is 5.56 Å². The van der Waals surface area contributed by atoms with Gasteiger partial charge in [-0.05, 0) is 6.07 Å². The highest BCUT2D eigenvalue weighted by molar-refractivity contribution is 5.76. The van der Waals surface area contributed by atoms with Crippen LogP contribution in [0.1, 0.15) is 5.56 Å². The van der Waals surface area contributed by atoms with Crippen molar-refractivity contribution in [3.63, 3.8) is 0 Å². The second kappa shape index (κ2) is 3.76. The van der Waals surface area contributed by atoms with Crippen molar-refractivity contribution in [3.8, 4) is 5.75 Å². The summed E-state index contributed by atoms with van der Waals surface area (Å²) in [5.74, 6) is 0.0672. The molecule has 0 aliphatic heterocycles. The van der Waals surface area contributed by atoms with E-state index in [0.717, 1.165) is 5.56 Å². The molecule has 1 N–H and O–H groups in total. The lowest BCUT2D eigenvalue weighted by Crippen LogP contribution is -2.03. The Morgan fingerprint density at radius 3 is 2.75 bits per heavy atom. The van der Waals surface area contributed by atoms with Gasteiger partial charge in [-0.2, -0.15) is 0 Å². The van der Waals surface area contributed by atoms with Gasteiger partial charge in [0.05, 0.1) is 13.5 Å². The Bertz CT molecular complexity index is 284. The fraction of sp³-hybridized carbons (Fsp3) is 0.222. The van der Waals surface area contributed by atoms with Crippen LogP contribution < -0.4 is 10.5 Å². The van der Waals surface area contributed by atoms with E-state index >= 15 is 0 Å². The highest BCUT2D eigenvalue weighted by Gasteiger charge is 2.04. The topological polar surface area (TPSA) is 50.1 Å². The van der Waals surface area contributed by atoms with E-state index < -0.39 is 5.91 Å². The molecular weight excluding hydrogens is 154 g/mol. The Morgan fingerprint density at radius 2 is 2.17 bits per heavy atom. The summed E-state index contributed by atoms with van der Waals surface area (Å²) in [5, 5.41) is 0. The highest BCUT2D eigenvalue weighted by atomic mass is 16.5. The Labute approximate surface area is 71.1 Å². The van der Waals surface area contributed by atoms with Gasteiger partial charge in [0.1, 0.15) is 5.75 Å². The second-order valence-electron chi connectivity index (χ2n) is 2.41. The lowest BCUT2D eigenvalue weighted by Gasteiger charge is -2.04. The molecule has 1 aromatic rings. The molecule has 3 nitrogen and oxygen atoms in total. The normalized spacial score (nSPS) is 9.42. The first-order chi connectivity index (χ1) is 5.74. The third-order valence-corrected chi connectivity index (χ3v) is 1.54. The molecule has 1 radical (unpaired) electrons. The van der Waals surface area contributed by atoms with Crippen LogP contribution in [0.4, 0.5) is 0 Å². The minimum absolute atomic E-state index is 0.115. The number of hydrogen-bond donors (Lipinski definition) is 0. The van der Waals surface area contributed by atoms with Crippen molar-refractivity contribution in [1.29, 1.82) is 0 Å². The highest BCUT2D eigenvalue weighted by Crippen LogP contribution is 2.17. The molecule has 3 heteroatoms. The number of ether oxygens (including phenoxy) is 1. The molecule has 0 heterocycles. The fourth-order valence-corrected chi connectivity index (χ4v) is 1.02. The van der Waals surface area contributed by atoms with Crippen LogP contribution in [0.25, 0.3) is 0 Å². The summed E-state index contributed by atoms with van der Waals surface area (Å²) >= 11 is 0. The molecule has 0 atom stereocenters. The zero-order chi connectivity index (χ0) is 8.97. The van der Waals surface area contributed by atoms with E-state index in [0.29, 0.717) is 5.75 Å². The van der Waals surface area contributed by atoms with Crippen molar-refractivity contribution >= 4 is 5.91 Å². The Hall–Kier alpha value is -1.51. The summed E-state index contributed by atoms with van der Waals surface area (Å²) in [6.45, 7) is 0. The van der Waals surface area contributed by atoms with E-state index in [-0.39, 0.29) is 6.42 Å². The Kier molecular flexibility index (Phi) is 2.69. The van der Waals surface area contributed by atoms with Crippen molar-refractivity contribution < 1.29 is 9.53 Å². The first-order valence-corrected chi connectivity index (χ1v) is 3.60. The van der Waals surface area contributed by atoms with Gasteiger partial charge in [-0.1, -0.05) is 18.2 Å². The third kappa shape index (κ3) is 1.99. The monoisotopic (exact) mass is 164 g/mol. The largest absolute Gasteiger partial charge is 0.496 e. The van der Waals surface area contributed by atoms with Crippen LogP contribution in [0.3, 0.4) is 0 Å². The molecule has 0 spiro atoms. The number of para-hydroxylation sites is 1. The minimum Gasteiger partial charge on any atom is -0.496 e. The lowest BCUT2D eigenvalue weighted by atomic mass is 10.1. The maximum Gasteiger partial charge on any atom is 0.242 e. The molecular formula is C9H10NO2. The fourth-order valence-electron chi connectivity index (χ4n) is 1.02. The van der Waals surface area contributed by atoms with E-state index in [2.05, 4.69) is 0 Å². The molecule has 0 saturated heterocycles. The number of carbonyl (C=O) groups is 1. The van der Waals surface area contributed by atoms with Crippen molar-refractivity contribution in [2.24, 2.45) is 0 Å². The molecule has 0 aromatic heterocycles. The van der Waals surface area contributed by atoms with Gasteiger partial charge in [-0.15, -0.1) is 0 Å². The molecule has 1 amide bonds. The van der Waals surface area contributed by atoms with Gasteiger partial charge < -0.3 is 4.74 Å². The van der Waals surface area contributed by atoms with E-state index in [9.17, 15) is 4.79 Å². The van der Waals surface area contributed by atoms with Crippen molar-refractivity contribution in [1.82, 2.24) is 5.73 Å². The molecule has 12 heavy (non-hydrogen) atoms. The molecule has 1 rings (SSSR count). The van der Waals surface area contributed by atoms with Crippen LogP contribution in [0.5, 0.6) is 5.75 Å². The maximum absolute atomic E-state index is 10.5. The molecule has 63 valence electrons. The first-order valence-electron chi connectivity index (χ1n) is 3.60. The summed E-state index contributed by atoms with van der Waals surface area (Å²) in [4.78, 5) is 10.5. The number of nitrogens with one attached hydrogen (secondary N) is 1. The molecule has 0 aliphatic carbocycles. The first kappa shape index (κ1) is 8.59. The number of methoxy groups -OCH3 is 1. The zero-order valence-corrected chi connectivity index (χ0v) is 6.83. The van der Waals surface area contributed by atoms with Crippen molar-refractivity contribution in [2.45, 2.75) is 6.42 Å². The zero-order valence-electron chi connectivity index (χ0n) is 6.83. The number of carbonyl (C=O) groups excluding carboxylic acids is 1. The minimum atomic E-state index is -0.598. The van der Waals surface area contributed by atoms with Crippen molar-refractivity contribution in [3.05, 3.63) is 29.8 Å². The SMILES string of the molecule is COc1ccccc1CC([NH])=O. The standard InChI is InChI=1S/C9H10NO2/c1-12-8-5-3-2-4-7(8)6-9(10)11/h2-5,10H,6H2,1H3. The molecule has 0 unspecified atom stereocenters. The number of benzene rings is 1. The van der Waals surface area contributed by atoms with Gasteiger partial charge in [0.25, 0.3) is 0 Å². The summed E-state index contributed by atoms with van der Waals surface area (Å²) in [7, 11) is 1.55. The van der Waals surface area contributed by atoms with E-state index in [1.165, 1.54) is 0 Å². The van der Waals surface area contributed by atoms with E-state index in [4.69, 9.17) is 10.5 Å². The molecule has 0 aliphatic rings. The summed E-state index contributed by atoms with van der Waals surface area (Å²) in [6, 6.07) is 7.21. The Morgan fingerprint density at radius 1 is 1.50 bits per heavy atom. The third-order valence-electron chi connectivity index (χ3n) is 1.54. The lowest BCUT2D eigenvalue weighted by molar-refractivity contribution is -0.118. The van der Waals surface area contributed by atoms with Crippen molar-refractivity contribution in [2.75, 3.05) is 7.11 Å². The quantitative estimate of drug-likeness (QED) is 0.670. The predicted molar refractivity (Wildman–Crippen MR) is 44.8 cm³/mol. The number of hydrogen-bond acceptors (Lipinski definition) is 2. The molecule has 0 fully saturated rings. The van der Waals surface area contributed by atoms with Crippen LogP contribution in [-0.2, 0) is 11.2 Å². The predicted octanol–water partition coefficient (Wildman–Crippen LogP) is 1.05. The van der Waals surface area contributed by atoms with Crippen LogP contribution in [0, 0.1) is 0 Å².